The third-order valence-electron chi connectivity index (χ3n) is 5.90. The number of likely N-dealkylation sites (tertiary alicyclic amines) is 1. The summed E-state index contributed by atoms with van der Waals surface area (Å²) in [7, 11) is 2.13. The van der Waals surface area contributed by atoms with Crippen LogP contribution in [-0.4, -0.2) is 74.7 Å². The SMILES string of the molecule is CCN(C)C1CCN(CC(=O)Nc2cc(-n3nc(C)cc3C)nc(-c3ccc(C)o3)n2)C1. The van der Waals surface area contributed by atoms with Crippen LogP contribution in [0.5, 0.6) is 0 Å². The number of hydrogen-bond donors (Lipinski definition) is 1. The zero-order valence-electron chi connectivity index (χ0n) is 19.4. The van der Waals surface area contributed by atoms with Crippen molar-refractivity contribution < 1.29 is 9.21 Å². The van der Waals surface area contributed by atoms with Crippen LogP contribution in [0.3, 0.4) is 0 Å². The van der Waals surface area contributed by atoms with Gasteiger partial charge in [-0.05, 0) is 59.0 Å². The van der Waals surface area contributed by atoms with E-state index in [-0.39, 0.29) is 5.91 Å². The molecule has 1 fully saturated rings. The molecule has 1 atom stereocenters. The zero-order valence-corrected chi connectivity index (χ0v) is 19.4. The molecule has 32 heavy (non-hydrogen) atoms. The molecule has 0 bridgehead atoms. The summed E-state index contributed by atoms with van der Waals surface area (Å²) < 4.78 is 7.48. The van der Waals surface area contributed by atoms with E-state index in [4.69, 9.17) is 4.42 Å². The number of rotatable bonds is 7. The van der Waals surface area contributed by atoms with Gasteiger partial charge in [-0.15, -0.1) is 0 Å². The van der Waals surface area contributed by atoms with Gasteiger partial charge in [-0.25, -0.2) is 14.6 Å². The Bertz CT molecular complexity index is 1100. The summed E-state index contributed by atoms with van der Waals surface area (Å²) >= 11 is 0. The highest BCUT2D eigenvalue weighted by Crippen LogP contribution is 2.23. The fourth-order valence-corrected chi connectivity index (χ4v) is 4.09. The molecule has 0 radical (unpaired) electrons. The van der Waals surface area contributed by atoms with Crippen LogP contribution in [0.15, 0.2) is 28.7 Å². The highest BCUT2D eigenvalue weighted by Gasteiger charge is 2.26. The summed E-state index contributed by atoms with van der Waals surface area (Å²) in [5.41, 5.74) is 1.84. The van der Waals surface area contributed by atoms with Gasteiger partial charge in [0, 0.05) is 30.9 Å². The van der Waals surface area contributed by atoms with Crippen LogP contribution in [-0.2, 0) is 4.79 Å². The number of amides is 1. The molecule has 0 saturated carbocycles. The summed E-state index contributed by atoms with van der Waals surface area (Å²) in [5.74, 6) is 2.64. The van der Waals surface area contributed by atoms with E-state index in [1.807, 2.05) is 39.0 Å². The Balaban J connectivity index is 1.55. The zero-order chi connectivity index (χ0) is 22.8. The van der Waals surface area contributed by atoms with Crippen molar-refractivity contribution in [2.24, 2.45) is 0 Å². The van der Waals surface area contributed by atoms with E-state index in [1.165, 1.54) is 0 Å². The van der Waals surface area contributed by atoms with Crippen molar-refractivity contribution in [1.29, 1.82) is 0 Å². The van der Waals surface area contributed by atoms with Crippen LogP contribution < -0.4 is 5.32 Å². The van der Waals surface area contributed by atoms with Crippen molar-refractivity contribution in [3.8, 4) is 17.4 Å². The lowest BCUT2D eigenvalue weighted by atomic mass is 10.2. The molecule has 9 heteroatoms. The number of likely N-dealkylation sites (N-methyl/N-ethyl adjacent to an activating group) is 1. The number of nitrogens with zero attached hydrogens (tertiary/aromatic N) is 6. The molecule has 170 valence electrons. The normalized spacial score (nSPS) is 16.8. The largest absolute Gasteiger partial charge is 0.458 e. The van der Waals surface area contributed by atoms with Crippen molar-refractivity contribution in [1.82, 2.24) is 29.5 Å². The monoisotopic (exact) mass is 437 g/mol. The lowest BCUT2D eigenvalue weighted by Gasteiger charge is -2.22. The number of furan rings is 1. The molecule has 0 aliphatic carbocycles. The molecule has 1 aliphatic rings. The summed E-state index contributed by atoms with van der Waals surface area (Å²) in [5, 5.41) is 7.48. The molecule has 1 aliphatic heterocycles. The molecule has 0 aromatic carbocycles. The average Bonchev–Trinajstić information content (AvgIpc) is 3.47. The minimum absolute atomic E-state index is 0.0932. The van der Waals surface area contributed by atoms with Crippen LogP contribution in [0, 0.1) is 20.8 Å². The van der Waals surface area contributed by atoms with Gasteiger partial charge in [-0.1, -0.05) is 6.92 Å². The van der Waals surface area contributed by atoms with Crippen molar-refractivity contribution in [2.45, 2.75) is 40.2 Å². The number of carbonyl (C=O) groups excluding carboxylic acids is 1. The molecular weight excluding hydrogens is 406 g/mol. The van der Waals surface area contributed by atoms with E-state index in [9.17, 15) is 4.79 Å². The Kier molecular flexibility index (Phi) is 6.38. The number of anilines is 1. The van der Waals surface area contributed by atoms with Crippen LogP contribution >= 0.6 is 0 Å². The lowest BCUT2D eigenvalue weighted by molar-refractivity contribution is -0.117. The number of carbonyl (C=O) groups is 1. The second-order valence-corrected chi connectivity index (χ2v) is 8.48. The molecule has 0 spiro atoms. The van der Waals surface area contributed by atoms with E-state index in [1.54, 1.807) is 10.7 Å². The molecule has 4 heterocycles. The van der Waals surface area contributed by atoms with Gasteiger partial charge >= 0.3 is 0 Å². The fourth-order valence-electron chi connectivity index (χ4n) is 4.09. The van der Waals surface area contributed by atoms with Crippen molar-refractivity contribution in [2.75, 3.05) is 38.5 Å². The van der Waals surface area contributed by atoms with Crippen LogP contribution in [0.1, 0.15) is 30.5 Å². The summed E-state index contributed by atoms with van der Waals surface area (Å²) in [6.45, 7) is 11.1. The smallest absolute Gasteiger partial charge is 0.239 e. The van der Waals surface area contributed by atoms with Gasteiger partial charge in [-0.3, -0.25) is 9.69 Å². The third kappa shape index (κ3) is 4.89. The van der Waals surface area contributed by atoms with Crippen molar-refractivity contribution in [3.05, 3.63) is 41.4 Å². The highest BCUT2D eigenvalue weighted by molar-refractivity contribution is 5.91. The predicted molar refractivity (Wildman–Crippen MR) is 123 cm³/mol. The summed E-state index contributed by atoms with van der Waals surface area (Å²) in [6.07, 6.45) is 1.08. The molecule has 1 amide bonds. The Morgan fingerprint density at radius 3 is 2.72 bits per heavy atom. The van der Waals surface area contributed by atoms with Crippen LogP contribution in [0.4, 0.5) is 5.82 Å². The molecule has 1 saturated heterocycles. The topological polar surface area (TPSA) is 92.3 Å². The van der Waals surface area contributed by atoms with Gasteiger partial charge in [0.2, 0.25) is 5.91 Å². The van der Waals surface area contributed by atoms with E-state index in [2.05, 4.69) is 44.2 Å². The van der Waals surface area contributed by atoms with Crippen molar-refractivity contribution >= 4 is 11.7 Å². The fraction of sp³-hybridized carbons (Fsp3) is 0.478. The maximum absolute atomic E-state index is 12.8. The van der Waals surface area contributed by atoms with Crippen molar-refractivity contribution in [3.63, 3.8) is 0 Å². The molecule has 1 unspecified atom stereocenters. The number of aromatic nitrogens is 4. The summed E-state index contributed by atoms with van der Waals surface area (Å²) in [4.78, 5) is 26.5. The van der Waals surface area contributed by atoms with E-state index >= 15 is 0 Å². The first kappa shape index (κ1) is 22.2. The molecule has 4 rings (SSSR count). The van der Waals surface area contributed by atoms with Crippen LogP contribution in [0.25, 0.3) is 17.4 Å². The average molecular weight is 438 g/mol. The number of hydrogen-bond acceptors (Lipinski definition) is 7. The first-order valence-corrected chi connectivity index (χ1v) is 11.0. The Morgan fingerprint density at radius 1 is 1.25 bits per heavy atom. The van der Waals surface area contributed by atoms with Gasteiger partial charge in [0.25, 0.3) is 0 Å². The minimum Gasteiger partial charge on any atom is -0.458 e. The summed E-state index contributed by atoms with van der Waals surface area (Å²) in [6, 6.07) is 7.92. The van der Waals surface area contributed by atoms with E-state index in [0.29, 0.717) is 35.8 Å². The highest BCUT2D eigenvalue weighted by atomic mass is 16.3. The van der Waals surface area contributed by atoms with E-state index in [0.717, 1.165) is 43.2 Å². The third-order valence-corrected chi connectivity index (χ3v) is 5.90. The van der Waals surface area contributed by atoms with Gasteiger partial charge < -0.3 is 14.6 Å². The first-order chi connectivity index (χ1) is 15.3. The van der Waals surface area contributed by atoms with Gasteiger partial charge in [0.05, 0.1) is 12.2 Å². The molecule has 1 N–H and O–H groups in total. The molecule has 3 aromatic heterocycles. The van der Waals surface area contributed by atoms with Crippen LogP contribution in [0.2, 0.25) is 0 Å². The van der Waals surface area contributed by atoms with Gasteiger partial charge in [0.15, 0.2) is 17.4 Å². The Hall–Kier alpha value is -3.04. The first-order valence-electron chi connectivity index (χ1n) is 11.0. The Labute approximate surface area is 188 Å². The van der Waals surface area contributed by atoms with Gasteiger partial charge in [-0.2, -0.15) is 5.10 Å². The second-order valence-electron chi connectivity index (χ2n) is 8.48. The minimum atomic E-state index is -0.0932. The van der Waals surface area contributed by atoms with Gasteiger partial charge in [0.1, 0.15) is 11.6 Å². The Morgan fingerprint density at radius 2 is 2.06 bits per heavy atom. The lowest BCUT2D eigenvalue weighted by Crippen LogP contribution is -2.37. The predicted octanol–water partition coefficient (Wildman–Crippen LogP) is 2.81. The maximum Gasteiger partial charge on any atom is 0.239 e. The quantitative estimate of drug-likeness (QED) is 0.608. The molecular formula is C23H31N7O2. The maximum atomic E-state index is 12.8. The number of aryl methyl sites for hydroxylation is 3. The van der Waals surface area contributed by atoms with E-state index < -0.39 is 0 Å². The second kappa shape index (κ2) is 9.22. The molecule has 9 nitrogen and oxygen atoms in total. The molecule has 3 aromatic rings. The standard InChI is InChI=1S/C23H31N7O2/c1-6-28(5)18-9-10-29(13-18)14-22(31)24-20-12-21(30-16(3)11-15(2)27-30)26-23(25-20)19-8-7-17(4)32-19/h7-8,11-12,18H,6,9-10,13-14H2,1-5H3,(H,24,25,26,31). The number of nitrogens with one attached hydrogen (secondary N) is 1.